The highest BCUT2D eigenvalue weighted by atomic mass is 32.2. The summed E-state index contributed by atoms with van der Waals surface area (Å²) in [7, 11) is 0. The summed E-state index contributed by atoms with van der Waals surface area (Å²) in [6, 6.07) is 25.7. The number of aliphatic carboxylic acids is 1. The van der Waals surface area contributed by atoms with Gasteiger partial charge >= 0.3 is 5.97 Å². The third kappa shape index (κ3) is 8.96. The minimum atomic E-state index is -0.900. The Labute approximate surface area is 260 Å². The number of nitrogens with one attached hydrogen (secondary N) is 1. The van der Waals surface area contributed by atoms with Crippen LogP contribution < -0.4 is 5.32 Å². The zero-order valence-corrected chi connectivity index (χ0v) is 25.0. The maximum Gasteiger partial charge on any atom is 0.303 e. The average molecular weight is 614 g/mol. The van der Waals surface area contributed by atoms with E-state index in [2.05, 4.69) is 15.3 Å². The first-order chi connectivity index (χ1) is 21.5. The molecule has 0 unspecified atom stereocenters. The van der Waals surface area contributed by atoms with Crippen molar-refractivity contribution in [3.8, 4) is 11.1 Å². The number of rotatable bonds is 13. The number of nitrogens with zero attached hydrogens (tertiary/aromatic N) is 2. The van der Waals surface area contributed by atoms with Gasteiger partial charge in [0, 0.05) is 49.5 Å². The van der Waals surface area contributed by atoms with Crippen molar-refractivity contribution in [1.82, 2.24) is 15.3 Å². The van der Waals surface area contributed by atoms with Crippen LogP contribution in [-0.4, -0.2) is 43.9 Å². The average Bonchev–Trinajstić information content (AvgIpc) is 3.07. The minimum absolute atomic E-state index is 0.00757. The van der Waals surface area contributed by atoms with Crippen LogP contribution in [0.3, 0.4) is 0 Å². The number of thioether (sulfide) groups is 1. The largest absolute Gasteiger partial charge is 0.481 e. The quantitative estimate of drug-likeness (QED) is 0.126. The van der Waals surface area contributed by atoms with Gasteiger partial charge in [0.15, 0.2) is 11.4 Å². The zero-order chi connectivity index (χ0) is 30.7. The smallest absolute Gasteiger partial charge is 0.303 e. The maximum absolute atomic E-state index is 12.1. The highest BCUT2D eigenvalue weighted by Gasteiger charge is 2.32. The van der Waals surface area contributed by atoms with Crippen molar-refractivity contribution in [2.45, 2.75) is 62.5 Å². The third-order valence-electron chi connectivity index (χ3n) is 7.28. The molecule has 1 aromatic heterocycles. The Morgan fingerprint density at radius 2 is 1.61 bits per heavy atom. The topological polar surface area (TPSA) is 131 Å². The van der Waals surface area contributed by atoms with Crippen LogP contribution in [0.25, 0.3) is 11.1 Å². The number of carboxylic acids is 1. The van der Waals surface area contributed by atoms with E-state index in [9.17, 15) is 14.7 Å². The Bertz CT molecular complexity index is 1520. The number of benzene rings is 3. The van der Waals surface area contributed by atoms with Gasteiger partial charge in [-0.1, -0.05) is 78.5 Å². The molecule has 10 heteroatoms. The molecule has 0 aliphatic carbocycles. The van der Waals surface area contributed by atoms with E-state index in [1.54, 1.807) is 30.2 Å². The zero-order valence-electron chi connectivity index (χ0n) is 24.2. The number of carbonyl (C=O) groups is 2. The lowest BCUT2D eigenvalue weighted by molar-refractivity contribution is -0.245. The lowest BCUT2D eigenvalue weighted by Gasteiger charge is -2.36. The molecule has 0 saturated carbocycles. The van der Waals surface area contributed by atoms with Crippen LogP contribution in [0.15, 0.2) is 96.4 Å². The van der Waals surface area contributed by atoms with E-state index < -0.39 is 12.3 Å². The van der Waals surface area contributed by atoms with Crippen molar-refractivity contribution in [1.29, 1.82) is 0 Å². The Hall–Kier alpha value is -4.09. The van der Waals surface area contributed by atoms with Gasteiger partial charge in [0.2, 0.25) is 5.91 Å². The molecule has 228 valence electrons. The summed E-state index contributed by atoms with van der Waals surface area (Å²) in [6.07, 6.45) is 3.78. The number of hydrogen-bond acceptors (Lipinski definition) is 8. The van der Waals surface area contributed by atoms with Crippen LogP contribution in [0.5, 0.6) is 0 Å². The second kappa shape index (κ2) is 15.6. The van der Waals surface area contributed by atoms with E-state index >= 15 is 0 Å². The first kappa shape index (κ1) is 31.3. The van der Waals surface area contributed by atoms with E-state index in [-0.39, 0.29) is 37.6 Å². The predicted molar refractivity (Wildman–Crippen MR) is 166 cm³/mol. The first-order valence-corrected chi connectivity index (χ1v) is 15.5. The Balaban J connectivity index is 1.26. The van der Waals surface area contributed by atoms with Crippen molar-refractivity contribution >= 4 is 23.6 Å². The number of carboxylic acid groups (broad SMARTS) is 1. The molecule has 1 amide bonds. The van der Waals surface area contributed by atoms with E-state index in [0.29, 0.717) is 30.3 Å². The molecule has 3 N–H and O–H groups in total. The molecule has 1 aliphatic heterocycles. The maximum atomic E-state index is 12.1. The van der Waals surface area contributed by atoms with Gasteiger partial charge in [-0.3, -0.25) is 9.59 Å². The molecule has 0 spiro atoms. The highest BCUT2D eigenvalue weighted by Crippen LogP contribution is 2.39. The Kier molecular flexibility index (Phi) is 11.1. The van der Waals surface area contributed by atoms with Crippen LogP contribution in [0.1, 0.15) is 60.3 Å². The lowest BCUT2D eigenvalue weighted by Crippen LogP contribution is -2.31. The highest BCUT2D eigenvalue weighted by molar-refractivity contribution is 7.99. The van der Waals surface area contributed by atoms with Crippen LogP contribution >= 0.6 is 11.8 Å². The van der Waals surface area contributed by atoms with Crippen molar-refractivity contribution < 1.29 is 29.3 Å². The molecular weight excluding hydrogens is 578 g/mol. The van der Waals surface area contributed by atoms with Gasteiger partial charge in [0.1, 0.15) is 0 Å². The van der Waals surface area contributed by atoms with Crippen LogP contribution in [0.2, 0.25) is 0 Å². The van der Waals surface area contributed by atoms with Gasteiger partial charge in [0.05, 0.1) is 18.8 Å². The normalized spacial score (nSPS) is 18.1. The minimum Gasteiger partial charge on any atom is -0.481 e. The van der Waals surface area contributed by atoms with Crippen molar-refractivity contribution in [3.05, 3.63) is 114 Å². The van der Waals surface area contributed by atoms with Crippen molar-refractivity contribution in [3.63, 3.8) is 0 Å². The molecule has 1 fully saturated rings. The number of aromatic nitrogens is 2. The second-order valence-electron chi connectivity index (χ2n) is 10.5. The molecule has 5 rings (SSSR count). The SMILES string of the molecule is O=C(O)CCCC(=O)NCc1cccc(-c2ccc([C@@H]3O[C@H](CSc4ncccn4)C[C@H](c4ccc(CO)cc4)O3)cc2)c1. The van der Waals surface area contributed by atoms with Crippen LogP contribution in [0, 0.1) is 0 Å². The van der Waals surface area contributed by atoms with Gasteiger partial charge < -0.3 is 25.0 Å². The van der Waals surface area contributed by atoms with E-state index in [1.807, 2.05) is 72.8 Å². The Morgan fingerprint density at radius 1 is 0.864 bits per heavy atom. The summed E-state index contributed by atoms with van der Waals surface area (Å²) in [5.41, 5.74) is 5.77. The summed E-state index contributed by atoms with van der Waals surface area (Å²) >= 11 is 1.55. The fraction of sp³-hybridized carbons (Fsp3) is 0.294. The molecule has 2 heterocycles. The molecule has 0 bridgehead atoms. The van der Waals surface area contributed by atoms with E-state index in [4.69, 9.17) is 14.6 Å². The van der Waals surface area contributed by atoms with Gasteiger partial charge in [-0.25, -0.2) is 9.97 Å². The Morgan fingerprint density at radius 3 is 2.34 bits per heavy atom. The van der Waals surface area contributed by atoms with Crippen LogP contribution in [0.4, 0.5) is 0 Å². The number of ether oxygens (including phenoxy) is 2. The number of amides is 1. The van der Waals surface area contributed by atoms with Gasteiger partial charge in [-0.05, 0) is 46.4 Å². The third-order valence-corrected chi connectivity index (χ3v) is 8.29. The van der Waals surface area contributed by atoms with Gasteiger partial charge in [-0.2, -0.15) is 0 Å². The monoisotopic (exact) mass is 613 g/mol. The molecule has 1 aliphatic rings. The molecule has 3 aromatic carbocycles. The summed E-state index contributed by atoms with van der Waals surface area (Å²) in [6.45, 7) is 0.363. The fourth-order valence-electron chi connectivity index (χ4n) is 4.93. The fourth-order valence-corrected chi connectivity index (χ4v) is 5.75. The number of carbonyl (C=O) groups excluding carboxylic acids is 1. The number of aliphatic hydroxyl groups excluding tert-OH is 1. The molecule has 4 aromatic rings. The first-order valence-electron chi connectivity index (χ1n) is 14.5. The van der Waals surface area contributed by atoms with Gasteiger partial charge in [-0.15, -0.1) is 0 Å². The molecule has 3 atom stereocenters. The van der Waals surface area contributed by atoms with Crippen molar-refractivity contribution in [2.75, 3.05) is 5.75 Å². The molecular formula is C34H35N3O6S. The summed E-state index contributed by atoms with van der Waals surface area (Å²) in [5.74, 6) is -0.386. The number of hydrogen-bond donors (Lipinski definition) is 3. The van der Waals surface area contributed by atoms with E-state index in [0.717, 1.165) is 33.4 Å². The van der Waals surface area contributed by atoms with E-state index in [1.165, 1.54) is 0 Å². The second-order valence-corrected chi connectivity index (χ2v) is 11.5. The summed E-state index contributed by atoms with van der Waals surface area (Å²) < 4.78 is 12.9. The molecule has 9 nitrogen and oxygen atoms in total. The molecule has 0 radical (unpaired) electrons. The molecule has 1 saturated heterocycles. The standard InChI is InChI=1S/C34H35N3O6S/c38-21-23-8-10-26(11-9-23)30-19-29(22-44-34-35-16-3-17-36-34)42-33(43-30)27-14-12-25(13-15-27)28-5-1-4-24(18-28)20-37-31(39)6-2-7-32(40)41/h1,3-5,8-18,29-30,33,38H,2,6-7,19-22H2,(H,37,39)(H,40,41)/t29-,30+,33+/m0/s1. The van der Waals surface area contributed by atoms with Crippen molar-refractivity contribution in [2.24, 2.45) is 0 Å². The summed E-state index contributed by atoms with van der Waals surface area (Å²) in [5, 5.41) is 21.8. The van der Waals surface area contributed by atoms with Gasteiger partial charge in [0.25, 0.3) is 0 Å². The van der Waals surface area contributed by atoms with Crippen LogP contribution in [-0.2, 0) is 32.2 Å². The summed E-state index contributed by atoms with van der Waals surface area (Å²) in [4.78, 5) is 31.4. The number of aliphatic hydroxyl groups is 1. The predicted octanol–water partition coefficient (Wildman–Crippen LogP) is 5.84. The lowest BCUT2D eigenvalue weighted by atomic mass is 9.99. The molecule has 44 heavy (non-hydrogen) atoms.